The predicted octanol–water partition coefficient (Wildman–Crippen LogP) is 0.398. The van der Waals surface area contributed by atoms with Crippen molar-refractivity contribution in [3.63, 3.8) is 0 Å². The number of carbonyl (C=O) groups is 1. The fourth-order valence-corrected chi connectivity index (χ4v) is 1.33. The molecule has 1 aromatic rings. The number of hydrogen-bond acceptors (Lipinski definition) is 3. The zero-order chi connectivity index (χ0) is 12.3. The molecular formula is C9H10F2N2O3. The Morgan fingerprint density at radius 3 is 2.62 bits per heavy atom. The van der Waals surface area contributed by atoms with Crippen LogP contribution in [0.3, 0.4) is 0 Å². The van der Waals surface area contributed by atoms with Gasteiger partial charge in [-0.15, -0.1) is 0 Å². The molecular weight excluding hydrogens is 222 g/mol. The maximum Gasteiger partial charge on any atom is 0.309 e. The summed E-state index contributed by atoms with van der Waals surface area (Å²) in [6, 6.07) is 0.961. The fourth-order valence-electron chi connectivity index (χ4n) is 1.33. The lowest BCUT2D eigenvalue weighted by Gasteiger charge is -2.07. The highest BCUT2D eigenvalue weighted by atomic mass is 19.3. The Labute approximate surface area is 88.9 Å². The van der Waals surface area contributed by atoms with E-state index >= 15 is 0 Å². The Morgan fingerprint density at radius 2 is 2.19 bits per heavy atom. The highest BCUT2D eigenvalue weighted by Gasteiger charge is 2.17. The average molecular weight is 232 g/mol. The van der Waals surface area contributed by atoms with Crippen LogP contribution in [0.4, 0.5) is 8.78 Å². The van der Waals surface area contributed by atoms with Crippen LogP contribution >= 0.6 is 0 Å². The lowest BCUT2D eigenvalue weighted by atomic mass is 10.1. The van der Waals surface area contributed by atoms with Gasteiger partial charge in [0.25, 0.3) is 12.0 Å². The molecule has 0 bridgehead atoms. The molecule has 1 aromatic heterocycles. The van der Waals surface area contributed by atoms with E-state index in [4.69, 9.17) is 10.8 Å². The molecule has 0 aliphatic carbocycles. The minimum absolute atomic E-state index is 0.0648. The van der Waals surface area contributed by atoms with Gasteiger partial charge in [0.2, 0.25) is 0 Å². The zero-order valence-electron chi connectivity index (χ0n) is 8.17. The van der Waals surface area contributed by atoms with Gasteiger partial charge >= 0.3 is 5.97 Å². The molecule has 0 aliphatic rings. The molecule has 5 nitrogen and oxygen atoms in total. The van der Waals surface area contributed by atoms with Crippen molar-refractivity contribution in [2.24, 2.45) is 5.73 Å². The Balaban J connectivity index is 3.28. The molecule has 0 unspecified atom stereocenters. The summed E-state index contributed by atoms with van der Waals surface area (Å²) in [4.78, 5) is 23.9. The van der Waals surface area contributed by atoms with Crippen molar-refractivity contribution in [3.8, 4) is 0 Å². The van der Waals surface area contributed by atoms with Crippen LogP contribution in [0, 0.1) is 0 Å². The number of aliphatic carboxylic acids is 1. The van der Waals surface area contributed by atoms with E-state index in [1.165, 1.54) is 0 Å². The summed E-state index contributed by atoms with van der Waals surface area (Å²) in [5, 5.41) is 8.48. The van der Waals surface area contributed by atoms with Gasteiger partial charge in [0.05, 0.1) is 6.42 Å². The van der Waals surface area contributed by atoms with E-state index in [9.17, 15) is 18.4 Å². The van der Waals surface area contributed by atoms with Crippen LogP contribution in [0.15, 0.2) is 10.9 Å². The molecule has 0 saturated carbocycles. The zero-order valence-corrected chi connectivity index (χ0v) is 8.17. The van der Waals surface area contributed by atoms with Crippen LogP contribution in [0.25, 0.3) is 0 Å². The first-order valence-corrected chi connectivity index (χ1v) is 4.40. The molecule has 0 saturated heterocycles. The topological polar surface area (TPSA) is 96.2 Å². The normalized spacial score (nSPS) is 10.8. The van der Waals surface area contributed by atoms with Crippen molar-refractivity contribution < 1.29 is 18.7 Å². The number of alkyl halides is 2. The average Bonchev–Trinajstić information content (AvgIpc) is 2.15. The second-order valence-electron chi connectivity index (χ2n) is 3.13. The van der Waals surface area contributed by atoms with Crippen molar-refractivity contribution in [3.05, 3.63) is 33.2 Å². The molecule has 1 heterocycles. The number of pyridine rings is 1. The summed E-state index contributed by atoms with van der Waals surface area (Å²) in [5.41, 5.74) is 3.61. The highest BCUT2D eigenvalue weighted by Crippen LogP contribution is 2.21. The van der Waals surface area contributed by atoms with E-state index in [1.54, 1.807) is 0 Å². The second-order valence-corrected chi connectivity index (χ2v) is 3.13. The van der Waals surface area contributed by atoms with Crippen LogP contribution < -0.4 is 11.3 Å². The van der Waals surface area contributed by atoms with Crippen molar-refractivity contribution >= 4 is 5.97 Å². The van der Waals surface area contributed by atoms with Crippen molar-refractivity contribution in [1.29, 1.82) is 0 Å². The van der Waals surface area contributed by atoms with E-state index in [2.05, 4.69) is 4.98 Å². The number of aromatic nitrogens is 1. The van der Waals surface area contributed by atoms with Gasteiger partial charge in [-0.2, -0.15) is 0 Å². The lowest BCUT2D eigenvalue weighted by molar-refractivity contribution is -0.136. The summed E-state index contributed by atoms with van der Waals surface area (Å²) in [7, 11) is 0. The Kier molecular flexibility index (Phi) is 3.73. The molecule has 0 aliphatic heterocycles. The fraction of sp³-hybridized carbons (Fsp3) is 0.333. The maximum atomic E-state index is 12.6. The Bertz CT molecular complexity index is 457. The van der Waals surface area contributed by atoms with Crippen molar-refractivity contribution in [2.75, 3.05) is 0 Å². The minimum Gasteiger partial charge on any atom is -0.481 e. The van der Waals surface area contributed by atoms with Gasteiger partial charge < -0.3 is 15.8 Å². The van der Waals surface area contributed by atoms with Gasteiger partial charge in [-0.3, -0.25) is 9.59 Å². The number of H-pyrrole nitrogens is 1. The minimum atomic E-state index is -2.85. The molecule has 7 heteroatoms. The van der Waals surface area contributed by atoms with Gasteiger partial charge in [-0.25, -0.2) is 8.78 Å². The van der Waals surface area contributed by atoms with Gasteiger partial charge in [0.15, 0.2) is 0 Å². The third kappa shape index (κ3) is 2.63. The first-order valence-electron chi connectivity index (χ1n) is 4.40. The summed E-state index contributed by atoms with van der Waals surface area (Å²) in [6.07, 6.45) is -3.37. The van der Waals surface area contributed by atoms with Gasteiger partial charge in [-0.1, -0.05) is 0 Å². The van der Waals surface area contributed by atoms with Crippen molar-refractivity contribution in [1.82, 2.24) is 4.98 Å². The molecule has 1 rings (SSSR count). The van der Waals surface area contributed by atoms with Gasteiger partial charge in [0, 0.05) is 23.4 Å². The van der Waals surface area contributed by atoms with E-state index in [0.717, 1.165) is 6.07 Å². The SMILES string of the molecule is NCc1c(C(F)F)cc(CC(=O)O)[nH]c1=O. The second kappa shape index (κ2) is 4.84. The summed E-state index contributed by atoms with van der Waals surface area (Å²) in [6.45, 7) is -0.317. The summed E-state index contributed by atoms with van der Waals surface area (Å²) in [5.74, 6) is -1.21. The number of carboxylic acid groups (broad SMARTS) is 1. The van der Waals surface area contributed by atoms with Gasteiger partial charge in [0.1, 0.15) is 0 Å². The third-order valence-corrected chi connectivity index (χ3v) is 2.01. The number of halogens is 2. The van der Waals surface area contributed by atoms with Crippen LogP contribution in [-0.2, 0) is 17.8 Å². The molecule has 0 spiro atoms. The number of nitrogens with one attached hydrogen (secondary N) is 1. The van der Waals surface area contributed by atoms with E-state index in [-0.39, 0.29) is 17.8 Å². The van der Waals surface area contributed by atoms with Crippen LogP contribution in [-0.4, -0.2) is 16.1 Å². The van der Waals surface area contributed by atoms with Crippen LogP contribution in [0.2, 0.25) is 0 Å². The number of hydrogen-bond donors (Lipinski definition) is 3. The van der Waals surface area contributed by atoms with E-state index in [0.29, 0.717) is 0 Å². The third-order valence-electron chi connectivity index (χ3n) is 2.01. The molecule has 4 N–H and O–H groups in total. The van der Waals surface area contributed by atoms with Crippen LogP contribution in [0.1, 0.15) is 23.2 Å². The standard InChI is InChI=1S/C9H10F2N2O3/c10-8(11)5-1-4(2-7(14)15)13-9(16)6(5)3-12/h1,8H,2-3,12H2,(H,13,16)(H,14,15). The monoisotopic (exact) mass is 232 g/mol. The molecule has 0 atom stereocenters. The first-order chi connectivity index (χ1) is 7.45. The molecule has 0 radical (unpaired) electrons. The molecule has 88 valence electrons. The molecule has 0 amide bonds. The number of carboxylic acids is 1. The summed E-state index contributed by atoms with van der Waals surface area (Å²) < 4.78 is 25.1. The molecule has 0 fully saturated rings. The Morgan fingerprint density at radius 1 is 1.56 bits per heavy atom. The van der Waals surface area contributed by atoms with Gasteiger partial charge in [-0.05, 0) is 6.07 Å². The predicted molar refractivity (Wildman–Crippen MR) is 51.3 cm³/mol. The quantitative estimate of drug-likeness (QED) is 0.700. The molecule has 16 heavy (non-hydrogen) atoms. The smallest absolute Gasteiger partial charge is 0.309 e. The number of nitrogens with two attached hydrogens (primary N) is 1. The number of aromatic amines is 1. The first kappa shape index (κ1) is 12.3. The highest BCUT2D eigenvalue weighted by molar-refractivity contribution is 5.69. The maximum absolute atomic E-state index is 12.6. The Hall–Kier alpha value is -1.76. The lowest BCUT2D eigenvalue weighted by Crippen LogP contribution is -2.21. The van der Waals surface area contributed by atoms with E-state index < -0.39 is 29.9 Å². The largest absolute Gasteiger partial charge is 0.481 e. The van der Waals surface area contributed by atoms with Crippen molar-refractivity contribution in [2.45, 2.75) is 19.4 Å². The van der Waals surface area contributed by atoms with E-state index in [1.807, 2.05) is 0 Å². The van der Waals surface area contributed by atoms with Crippen LogP contribution in [0.5, 0.6) is 0 Å². The molecule has 0 aromatic carbocycles. The number of rotatable bonds is 4. The summed E-state index contributed by atoms with van der Waals surface area (Å²) >= 11 is 0.